The molecule has 0 bridgehead atoms. The van der Waals surface area contributed by atoms with Crippen LogP contribution in [-0.2, 0) is 16.4 Å². The fraction of sp³-hybridized carbons (Fsp3) is 0.714. The highest BCUT2D eigenvalue weighted by molar-refractivity contribution is 7.91. The highest BCUT2D eigenvalue weighted by atomic mass is 32.2. The molecule has 4 rings (SSSR count). The van der Waals surface area contributed by atoms with Crippen LogP contribution in [0.5, 0.6) is 5.75 Å². The lowest BCUT2D eigenvalue weighted by Crippen LogP contribution is -2.50. The quantitative estimate of drug-likeness (QED) is 0.771. The van der Waals surface area contributed by atoms with Crippen LogP contribution in [0.1, 0.15) is 44.1 Å². The van der Waals surface area contributed by atoms with E-state index in [-0.39, 0.29) is 0 Å². The number of hydrogen-bond donors (Lipinski definition) is 0. The van der Waals surface area contributed by atoms with Crippen LogP contribution in [0.2, 0.25) is 0 Å². The van der Waals surface area contributed by atoms with E-state index in [1.54, 1.807) is 0 Å². The Morgan fingerprint density at radius 2 is 1.59 bits per heavy atom. The van der Waals surface area contributed by atoms with Crippen molar-refractivity contribution in [3.05, 3.63) is 29.8 Å². The zero-order chi connectivity index (χ0) is 18.7. The zero-order valence-electron chi connectivity index (χ0n) is 16.2. The van der Waals surface area contributed by atoms with Gasteiger partial charge in [-0.15, -0.1) is 0 Å². The Bertz CT molecular complexity index is 709. The Balaban J connectivity index is 1.29. The lowest BCUT2D eigenvalue weighted by molar-refractivity contribution is 0.110. The number of nitrogens with zero attached hydrogens (tertiary/aromatic N) is 2. The van der Waals surface area contributed by atoms with Crippen LogP contribution in [0, 0.1) is 0 Å². The molecule has 1 saturated carbocycles. The largest absolute Gasteiger partial charge is 0.490 e. The predicted octanol–water partition coefficient (Wildman–Crippen LogP) is 2.70. The molecule has 0 amide bonds. The Hall–Kier alpha value is -1.11. The molecule has 1 aliphatic carbocycles. The van der Waals surface area contributed by atoms with Gasteiger partial charge < -0.3 is 4.74 Å². The first-order chi connectivity index (χ1) is 13.1. The van der Waals surface area contributed by atoms with E-state index < -0.39 is 9.84 Å². The molecule has 0 N–H and O–H groups in total. The van der Waals surface area contributed by atoms with Gasteiger partial charge in [-0.1, -0.05) is 18.2 Å². The van der Waals surface area contributed by atoms with Crippen LogP contribution < -0.4 is 4.74 Å². The predicted molar refractivity (Wildman–Crippen MR) is 108 cm³/mol. The average molecular weight is 393 g/mol. The minimum atomic E-state index is -2.79. The van der Waals surface area contributed by atoms with Crippen molar-refractivity contribution in [2.24, 2.45) is 0 Å². The second-order valence-corrected chi connectivity index (χ2v) is 10.6. The maximum absolute atomic E-state index is 11.6. The molecule has 0 spiro atoms. The van der Waals surface area contributed by atoms with Gasteiger partial charge in [0.05, 0.1) is 17.6 Å². The van der Waals surface area contributed by atoms with Crippen LogP contribution in [0.3, 0.4) is 0 Å². The van der Waals surface area contributed by atoms with Crippen molar-refractivity contribution in [1.82, 2.24) is 9.80 Å². The summed E-state index contributed by atoms with van der Waals surface area (Å²) in [5, 5.41) is 0. The molecule has 0 aromatic heterocycles. The number of hydrogen-bond acceptors (Lipinski definition) is 5. The molecule has 3 aliphatic rings. The van der Waals surface area contributed by atoms with Crippen molar-refractivity contribution >= 4 is 9.84 Å². The van der Waals surface area contributed by atoms with E-state index in [0.29, 0.717) is 36.7 Å². The highest BCUT2D eigenvalue weighted by Gasteiger charge is 2.30. The summed E-state index contributed by atoms with van der Waals surface area (Å²) in [6.07, 6.45) is 7.61. The van der Waals surface area contributed by atoms with E-state index in [9.17, 15) is 8.42 Å². The molecule has 2 heterocycles. The second kappa shape index (κ2) is 8.50. The third kappa shape index (κ3) is 5.04. The standard InChI is InChI=1S/C21H32N2O3S/c24-27(25)15-13-23(14-16-27)19-9-11-22(12-10-19)17-18-5-1-4-8-21(18)26-20-6-2-3-7-20/h1,4-5,8,19-20H,2-3,6-7,9-17H2. The van der Waals surface area contributed by atoms with E-state index in [1.807, 2.05) is 0 Å². The van der Waals surface area contributed by atoms with E-state index in [0.717, 1.165) is 38.2 Å². The van der Waals surface area contributed by atoms with Crippen LogP contribution in [0.15, 0.2) is 24.3 Å². The summed E-state index contributed by atoms with van der Waals surface area (Å²) in [4.78, 5) is 4.92. The molecule has 0 radical (unpaired) electrons. The van der Waals surface area contributed by atoms with Gasteiger partial charge in [0.1, 0.15) is 5.75 Å². The second-order valence-electron chi connectivity index (χ2n) is 8.33. The molecule has 1 aromatic carbocycles. The van der Waals surface area contributed by atoms with E-state index in [1.165, 1.54) is 31.2 Å². The van der Waals surface area contributed by atoms with Gasteiger partial charge >= 0.3 is 0 Å². The first-order valence-electron chi connectivity index (χ1n) is 10.5. The molecule has 5 nitrogen and oxygen atoms in total. The van der Waals surface area contributed by atoms with Crippen molar-refractivity contribution in [3.8, 4) is 5.75 Å². The zero-order valence-corrected chi connectivity index (χ0v) is 17.0. The molecular weight excluding hydrogens is 360 g/mol. The molecular formula is C21H32N2O3S. The molecule has 0 atom stereocenters. The van der Waals surface area contributed by atoms with Gasteiger partial charge in [0.15, 0.2) is 9.84 Å². The average Bonchev–Trinajstić information content (AvgIpc) is 3.17. The Labute approximate surface area is 163 Å². The van der Waals surface area contributed by atoms with Crippen molar-refractivity contribution in [2.75, 3.05) is 37.7 Å². The van der Waals surface area contributed by atoms with Crippen LogP contribution in [0.25, 0.3) is 0 Å². The summed E-state index contributed by atoms with van der Waals surface area (Å²) in [6, 6.07) is 9.05. The third-order valence-corrected chi connectivity index (χ3v) is 8.02. The third-order valence-electron chi connectivity index (χ3n) is 6.41. The number of ether oxygens (including phenoxy) is 1. The van der Waals surface area contributed by atoms with Gasteiger partial charge in [-0.2, -0.15) is 0 Å². The minimum Gasteiger partial charge on any atom is -0.490 e. The van der Waals surface area contributed by atoms with E-state index in [2.05, 4.69) is 34.1 Å². The topological polar surface area (TPSA) is 49.9 Å². The normalized spacial score (nSPS) is 25.6. The van der Waals surface area contributed by atoms with E-state index in [4.69, 9.17) is 4.74 Å². The molecule has 2 aliphatic heterocycles. The fourth-order valence-electron chi connectivity index (χ4n) is 4.71. The Morgan fingerprint density at radius 3 is 2.30 bits per heavy atom. The summed E-state index contributed by atoms with van der Waals surface area (Å²) in [5.41, 5.74) is 1.30. The first kappa shape index (κ1) is 19.2. The SMILES string of the molecule is O=S1(=O)CCN(C2CCN(Cc3ccccc3OC3CCCC3)CC2)CC1. The minimum absolute atomic E-state index is 0.332. The van der Waals surface area contributed by atoms with Crippen molar-refractivity contribution in [3.63, 3.8) is 0 Å². The maximum atomic E-state index is 11.6. The van der Waals surface area contributed by atoms with Crippen LogP contribution in [0.4, 0.5) is 0 Å². The number of piperidine rings is 1. The number of sulfone groups is 1. The number of likely N-dealkylation sites (tertiary alicyclic amines) is 1. The summed E-state index contributed by atoms with van der Waals surface area (Å²) in [5.74, 6) is 1.73. The maximum Gasteiger partial charge on any atom is 0.152 e. The van der Waals surface area contributed by atoms with E-state index >= 15 is 0 Å². The van der Waals surface area contributed by atoms with Gasteiger partial charge in [0.2, 0.25) is 0 Å². The molecule has 150 valence electrons. The van der Waals surface area contributed by atoms with Crippen molar-refractivity contribution < 1.29 is 13.2 Å². The Morgan fingerprint density at radius 1 is 0.926 bits per heavy atom. The van der Waals surface area contributed by atoms with Gasteiger partial charge in [-0.05, 0) is 57.7 Å². The van der Waals surface area contributed by atoms with Gasteiger partial charge in [0.25, 0.3) is 0 Å². The van der Waals surface area contributed by atoms with Gasteiger partial charge in [-0.3, -0.25) is 9.80 Å². The van der Waals surface area contributed by atoms with Crippen molar-refractivity contribution in [1.29, 1.82) is 0 Å². The smallest absolute Gasteiger partial charge is 0.152 e. The lowest BCUT2D eigenvalue weighted by atomic mass is 10.0. The summed E-state index contributed by atoms with van der Waals surface area (Å²) in [7, 11) is -2.79. The molecule has 27 heavy (non-hydrogen) atoms. The van der Waals surface area contributed by atoms with Crippen molar-refractivity contribution in [2.45, 2.75) is 57.2 Å². The van der Waals surface area contributed by atoms with Crippen LogP contribution in [-0.4, -0.2) is 68.0 Å². The number of para-hydroxylation sites is 1. The molecule has 3 fully saturated rings. The lowest BCUT2D eigenvalue weighted by Gasteiger charge is -2.40. The summed E-state index contributed by atoms with van der Waals surface area (Å²) < 4.78 is 29.6. The molecule has 0 unspecified atom stereocenters. The van der Waals surface area contributed by atoms with Gasteiger partial charge in [-0.25, -0.2) is 8.42 Å². The molecule has 2 saturated heterocycles. The molecule has 6 heteroatoms. The summed E-state index contributed by atoms with van der Waals surface area (Å²) >= 11 is 0. The van der Waals surface area contributed by atoms with Crippen LogP contribution >= 0.6 is 0 Å². The number of rotatable bonds is 5. The monoisotopic (exact) mass is 392 g/mol. The number of benzene rings is 1. The fourth-order valence-corrected chi connectivity index (χ4v) is 5.94. The Kier molecular flexibility index (Phi) is 6.05. The summed E-state index contributed by atoms with van der Waals surface area (Å²) in [6.45, 7) is 4.53. The van der Waals surface area contributed by atoms with Gasteiger partial charge in [0, 0.05) is 31.2 Å². The highest BCUT2D eigenvalue weighted by Crippen LogP contribution is 2.28. The molecule has 1 aromatic rings. The first-order valence-corrected chi connectivity index (χ1v) is 12.3.